The smallest absolute Gasteiger partial charge is 0.272 e. The molecule has 1 aliphatic carbocycles. The summed E-state index contributed by atoms with van der Waals surface area (Å²) < 4.78 is 1.94. The molecule has 1 atom stereocenters. The third kappa shape index (κ3) is 4.60. The van der Waals surface area contributed by atoms with Crippen LogP contribution in [0.15, 0.2) is 36.5 Å². The summed E-state index contributed by atoms with van der Waals surface area (Å²) in [6, 6.07) is 10.3. The largest absolute Gasteiger partial charge is 0.371 e. The predicted molar refractivity (Wildman–Crippen MR) is 111 cm³/mol. The Morgan fingerprint density at radius 2 is 1.83 bits per heavy atom. The molecule has 154 valence electrons. The molecule has 2 amide bonds. The lowest BCUT2D eigenvalue weighted by molar-refractivity contribution is -0.122. The zero-order chi connectivity index (χ0) is 20.2. The molecular formula is C22H29N5O2. The van der Waals surface area contributed by atoms with Crippen LogP contribution in [0.5, 0.6) is 0 Å². The molecule has 1 saturated heterocycles. The second-order valence-corrected chi connectivity index (χ2v) is 8.16. The zero-order valence-electron chi connectivity index (χ0n) is 16.7. The van der Waals surface area contributed by atoms with Gasteiger partial charge >= 0.3 is 0 Å². The Hall–Kier alpha value is -2.83. The Labute approximate surface area is 171 Å². The van der Waals surface area contributed by atoms with Crippen LogP contribution in [0.25, 0.3) is 0 Å². The number of aromatic nitrogens is 2. The van der Waals surface area contributed by atoms with Crippen molar-refractivity contribution in [3.05, 3.63) is 47.8 Å². The number of benzene rings is 1. The molecule has 2 heterocycles. The summed E-state index contributed by atoms with van der Waals surface area (Å²) in [5.74, 6) is -0.442. The van der Waals surface area contributed by atoms with Gasteiger partial charge < -0.3 is 16.0 Å². The summed E-state index contributed by atoms with van der Waals surface area (Å²) in [6.45, 7) is 2.07. The fraction of sp³-hybridized carbons (Fsp3) is 0.500. The van der Waals surface area contributed by atoms with Gasteiger partial charge in [0.25, 0.3) is 5.91 Å². The summed E-state index contributed by atoms with van der Waals surface area (Å²) in [4.78, 5) is 26.1. The maximum atomic E-state index is 12.4. The summed E-state index contributed by atoms with van der Waals surface area (Å²) in [5.41, 5.74) is 8.06. The molecule has 29 heavy (non-hydrogen) atoms. The van der Waals surface area contributed by atoms with Gasteiger partial charge in [-0.15, -0.1) is 0 Å². The monoisotopic (exact) mass is 395 g/mol. The van der Waals surface area contributed by atoms with Gasteiger partial charge in [0, 0.05) is 31.5 Å². The fourth-order valence-electron chi connectivity index (χ4n) is 4.37. The van der Waals surface area contributed by atoms with Crippen molar-refractivity contribution in [3.8, 4) is 0 Å². The number of anilines is 1. The minimum Gasteiger partial charge on any atom is -0.371 e. The highest BCUT2D eigenvalue weighted by atomic mass is 16.2. The van der Waals surface area contributed by atoms with Gasteiger partial charge in [0.05, 0.1) is 12.0 Å². The lowest BCUT2D eigenvalue weighted by Gasteiger charge is -2.33. The summed E-state index contributed by atoms with van der Waals surface area (Å²) >= 11 is 0. The number of nitrogens with two attached hydrogens (primary N) is 1. The first kappa shape index (κ1) is 19.5. The second-order valence-electron chi connectivity index (χ2n) is 8.16. The number of carbonyl (C=O) groups is 2. The van der Waals surface area contributed by atoms with Gasteiger partial charge in [-0.2, -0.15) is 5.10 Å². The van der Waals surface area contributed by atoms with Gasteiger partial charge in [-0.05, 0) is 49.4 Å². The van der Waals surface area contributed by atoms with E-state index >= 15 is 0 Å². The molecule has 7 nitrogen and oxygen atoms in total. The lowest BCUT2D eigenvalue weighted by Crippen LogP contribution is -2.41. The highest BCUT2D eigenvalue weighted by molar-refractivity contribution is 5.92. The van der Waals surface area contributed by atoms with E-state index in [-0.39, 0.29) is 17.7 Å². The highest BCUT2D eigenvalue weighted by Gasteiger charge is 2.24. The van der Waals surface area contributed by atoms with Crippen molar-refractivity contribution in [2.45, 2.75) is 51.1 Å². The van der Waals surface area contributed by atoms with Crippen molar-refractivity contribution < 1.29 is 9.59 Å². The first-order valence-electron chi connectivity index (χ1n) is 10.6. The van der Waals surface area contributed by atoms with Crippen molar-refractivity contribution in [2.75, 3.05) is 18.0 Å². The Bertz CT molecular complexity index is 854. The minimum atomic E-state index is -0.218. The summed E-state index contributed by atoms with van der Waals surface area (Å²) in [6.07, 6.45) is 8.52. The van der Waals surface area contributed by atoms with E-state index in [1.54, 1.807) is 6.07 Å². The summed E-state index contributed by atoms with van der Waals surface area (Å²) in [5, 5.41) is 7.41. The second kappa shape index (κ2) is 8.68. The normalized spacial score (nSPS) is 20.0. The number of hydrogen-bond acceptors (Lipinski definition) is 4. The Balaban J connectivity index is 1.31. The van der Waals surface area contributed by atoms with Gasteiger partial charge in [-0.3, -0.25) is 14.3 Å². The van der Waals surface area contributed by atoms with Crippen LogP contribution in [0.1, 0.15) is 60.6 Å². The Morgan fingerprint density at radius 1 is 1.07 bits per heavy atom. The molecule has 4 rings (SSSR count). The molecule has 0 bridgehead atoms. The zero-order valence-corrected chi connectivity index (χ0v) is 16.7. The molecule has 1 saturated carbocycles. The van der Waals surface area contributed by atoms with Crippen LogP contribution in [0, 0.1) is 5.92 Å². The molecular weight excluding hydrogens is 366 g/mol. The standard InChI is InChI=1S/C22H29N5O2/c23-21(28)17-4-3-12-26(15-17)18-9-7-16(8-10-18)14-24-22(29)20-11-13-27(25-20)19-5-1-2-6-19/h7-11,13,17,19H,1-6,12,14-15H2,(H2,23,28)(H,24,29). The first-order chi connectivity index (χ1) is 14.1. The molecule has 3 N–H and O–H groups in total. The van der Waals surface area contributed by atoms with E-state index in [9.17, 15) is 9.59 Å². The van der Waals surface area contributed by atoms with Gasteiger partial charge in [0.15, 0.2) is 0 Å². The third-order valence-electron chi connectivity index (χ3n) is 6.12. The summed E-state index contributed by atoms with van der Waals surface area (Å²) in [7, 11) is 0. The molecule has 0 spiro atoms. The number of primary amides is 1. The number of nitrogens with one attached hydrogen (secondary N) is 1. The maximum Gasteiger partial charge on any atom is 0.272 e. The number of carbonyl (C=O) groups excluding carboxylic acids is 2. The van der Waals surface area contributed by atoms with E-state index in [4.69, 9.17) is 5.73 Å². The number of nitrogens with zero attached hydrogens (tertiary/aromatic N) is 3. The van der Waals surface area contributed by atoms with Crippen LogP contribution < -0.4 is 16.0 Å². The molecule has 2 fully saturated rings. The number of rotatable bonds is 6. The van der Waals surface area contributed by atoms with E-state index in [1.807, 2.05) is 35.1 Å². The van der Waals surface area contributed by atoms with Crippen molar-refractivity contribution in [3.63, 3.8) is 0 Å². The Morgan fingerprint density at radius 3 is 2.55 bits per heavy atom. The van der Waals surface area contributed by atoms with Crippen molar-refractivity contribution in [1.82, 2.24) is 15.1 Å². The van der Waals surface area contributed by atoms with Crippen LogP contribution in [0.3, 0.4) is 0 Å². The average Bonchev–Trinajstić information content (AvgIpc) is 3.44. The van der Waals surface area contributed by atoms with E-state index in [0.717, 1.165) is 43.5 Å². The molecule has 1 aliphatic heterocycles. The van der Waals surface area contributed by atoms with Crippen LogP contribution >= 0.6 is 0 Å². The molecule has 2 aliphatic rings. The van der Waals surface area contributed by atoms with Gasteiger partial charge in [-0.1, -0.05) is 25.0 Å². The van der Waals surface area contributed by atoms with Gasteiger partial charge in [0.2, 0.25) is 5.91 Å². The van der Waals surface area contributed by atoms with Crippen molar-refractivity contribution in [1.29, 1.82) is 0 Å². The van der Waals surface area contributed by atoms with E-state index in [0.29, 0.717) is 24.8 Å². The molecule has 1 aromatic heterocycles. The first-order valence-corrected chi connectivity index (χ1v) is 10.6. The number of hydrogen-bond donors (Lipinski definition) is 2. The van der Waals surface area contributed by atoms with E-state index in [2.05, 4.69) is 15.3 Å². The van der Waals surface area contributed by atoms with Gasteiger partial charge in [0.1, 0.15) is 5.69 Å². The van der Waals surface area contributed by atoms with E-state index in [1.165, 1.54) is 12.8 Å². The van der Waals surface area contributed by atoms with Gasteiger partial charge in [-0.25, -0.2) is 0 Å². The topological polar surface area (TPSA) is 93.3 Å². The predicted octanol–water partition coefficient (Wildman–Crippen LogP) is 2.63. The lowest BCUT2D eigenvalue weighted by atomic mass is 9.97. The molecule has 1 aromatic carbocycles. The van der Waals surface area contributed by atoms with Crippen LogP contribution in [0.2, 0.25) is 0 Å². The number of piperidine rings is 1. The van der Waals surface area contributed by atoms with E-state index < -0.39 is 0 Å². The molecule has 2 aromatic rings. The highest BCUT2D eigenvalue weighted by Crippen LogP contribution is 2.28. The average molecular weight is 396 g/mol. The maximum absolute atomic E-state index is 12.4. The minimum absolute atomic E-state index is 0.0771. The molecule has 7 heteroatoms. The quantitative estimate of drug-likeness (QED) is 0.786. The van der Waals surface area contributed by atoms with Crippen LogP contribution in [0.4, 0.5) is 5.69 Å². The third-order valence-corrected chi connectivity index (χ3v) is 6.12. The molecule has 0 radical (unpaired) electrons. The van der Waals surface area contributed by atoms with Crippen molar-refractivity contribution >= 4 is 17.5 Å². The van der Waals surface area contributed by atoms with Crippen LogP contribution in [-0.2, 0) is 11.3 Å². The number of amides is 2. The Kier molecular flexibility index (Phi) is 5.83. The SMILES string of the molecule is NC(=O)C1CCCN(c2ccc(CNC(=O)c3ccn(C4CCCC4)n3)cc2)C1. The van der Waals surface area contributed by atoms with Crippen LogP contribution in [-0.4, -0.2) is 34.7 Å². The molecule has 1 unspecified atom stereocenters. The fourth-order valence-corrected chi connectivity index (χ4v) is 4.37. The van der Waals surface area contributed by atoms with Crippen molar-refractivity contribution in [2.24, 2.45) is 11.7 Å².